The first-order chi connectivity index (χ1) is 12.7. The van der Waals surface area contributed by atoms with Gasteiger partial charge in [0.1, 0.15) is 5.82 Å². The molecule has 0 radical (unpaired) electrons. The van der Waals surface area contributed by atoms with E-state index in [2.05, 4.69) is 10.6 Å². The number of carbonyl (C=O) groups is 2. The summed E-state index contributed by atoms with van der Waals surface area (Å²) in [6, 6.07) is 13.4. The van der Waals surface area contributed by atoms with Gasteiger partial charge in [0.25, 0.3) is 0 Å². The number of halogens is 1. The molecule has 2 amide bonds. The molecule has 2 aromatic carbocycles. The Balaban J connectivity index is 1.71. The van der Waals surface area contributed by atoms with Gasteiger partial charge in [0.05, 0.1) is 17.0 Å². The molecule has 2 N–H and O–H groups in total. The van der Waals surface area contributed by atoms with Gasteiger partial charge in [0.2, 0.25) is 11.8 Å². The van der Waals surface area contributed by atoms with Crippen molar-refractivity contribution >= 4 is 29.3 Å². The van der Waals surface area contributed by atoms with Crippen LogP contribution in [0.4, 0.5) is 10.1 Å². The minimum Gasteiger partial charge on any atom is -0.349 e. The minimum atomic E-state index is -0.478. The molecule has 2 unspecified atom stereocenters. The summed E-state index contributed by atoms with van der Waals surface area (Å²) in [6.07, 6.45) is 0.0820. The van der Waals surface area contributed by atoms with Crippen molar-refractivity contribution < 1.29 is 14.0 Å². The molecule has 27 heavy (non-hydrogen) atoms. The zero-order valence-corrected chi connectivity index (χ0v) is 16.4. The van der Waals surface area contributed by atoms with Crippen LogP contribution in [0.2, 0.25) is 0 Å². The largest absolute Gasteiger partial charge is 0.349 e. The Morgan fingerprint density at radius 3 is 2.52 bits per heavy atom. The van der Waals surface area contributed by atoms with E-state index < -0.39 is 5.25 Å². The van der Waals surface area contributed by atoms with E-state index in [-0.39, 0.29) is 35.5 Å². The highest BCUT2D eigenvalue weighted by Gasteiger charge is 2.32. The van der Waals surface area contributed by atoms with E-state index >= 15 is 0 Å². The second-order valence-corrected chi connectivity index (χ2v) is 8.96. The Bertz CT molecular complexity index is 846. The number of hydrogen-bond acceptors (Lipinski definition) is 3. The summed E-state index contributed by atoms with van der Waals surface area (Å²) in [5.41, 5.74) is 1.36. The molecule has 2 aromatic rings. The van der Waals surface area contributed by atoms with E-state index in [1.807, 2.05) is 45.0 Å². The van der Waals surface area contributed by atoms with Crippen molar-refractivity contribution in [2.45, 2.75) is 43.4 Å². The molecule has 142 valence electrons. The summed E-state index contributed by atoms with van der Waals surface area (Å²) in [4.78, 5) is 26.0. The van der Waals surface area contributed by atoms with Gasteiger partial charge in [-0.1, -0.05) is 45.0 Å². The van der Waals surface area contributed by atoms with Gasteiger partial charge in [0, 0.05) is 11.3 Å². The monoisotopic (exact) mass is 386 g/mol. The molecule has 1 aliphatic heterocycles. The summed E-state index contributed by atoms with van der Waals surface area (Å²) in [7, 11) is 0. The minimum absolute atomic E-state index is 0.0820. The molecular weight excluding hydrogens is 363 g/mol. The number of amides is 2. The van der Waals surface area contributed by atoms with Crippen LogP contribution in [0.25, 0.3) is 0 Å². The molecular formula is C21H23FN2O2S. The normalized spacial score (nSPS) is 17.6. The van der Waals surface area contributed by atoms with Gasteiger partial charge >= 0.3 is 0 Å². The van der Waals surface area contributed by atoms with Crippen LogP contribution < -0.4 is 10.6 Å². The van der Waals surface area contributed by atoms with Crippen LogP contribution >= 0.6 is 11.8 Å². The van der Waals surface area contributed by atoms with E-state index in [4.69, 9.17) is 0 Å². The fourth-order valence-electron chi connectivity index (χ4n) is 3.07. The second-order valence-electron chi connectivity index (χ2n) is 7.71. The van der Waals surface area contributed by atoms with Gasteiger partial charge in [-0.3, -0.25) is 9.59 Å². The maximum absolute atomic E-state index is 13.2. The Hall–Kier alpha value is -2.34. The molecule has 0 saturated heterocycles. The summed E-state index contributed by atoms with van der Waals surface area (Å²) >= 11 is 1.40. The molecule has 3 rings (SSSR count). The third kappa shape index (κ3) is 4.69. The average molecular weight is 386 g/mol. The summed E-state index contributed by atoms with van der Waals surface area (Å²) in [5.74, 6) is -0.680. The highest BCUT2D eigenvalue weighted by molar-refractivity contribution is 8.01. The third-order valence-electron chi connectivity index (χ3n) is 4.45. The van der Waals surface area contributed by atoms with Gasteiger partial charge in [0.15, 0.2) is 0 Å². The van der Waals surface area contributed by atoms with Crippen molar-refractivity contribution in [1.29, 1.82) is 0 Å². The van der Waals surface area contributed by atoms with Crippen LogP contribution in [0.3, 0.4) is 0 Å². The van der Waals surface area contributed by atoms with Gasteiger partial charge in [-0.25, -0.2) is 4.39 Å². The van der Waals surface area contributed by atoms with Crippen molar-refractivity contribution in [2.75, 3.05) is 5.32 Å². The smallest absolute Gasteiger partial charge is 0.238 e. The van der Waals surface area contributed by atoms with E-state index in [0.717, 1.165) is 16.1 Å². The van der Waals surface area contributed by atoms with Crippen LogP contribution in [-0.2, 0) is 9.59 Å². The fraction of sp³-hybridized carbons (Fsp3) is 0.333. The number of para-hydroxylation sites is 1. The molecule has 0 saturated carbocycles. The number of benzene rings is 2. The number of anilines is 1. The number of nitrogens with one attached hydrogen (secondary N) is 2. The molecule has 2 atom stereocenters. The lowest BCUT2D eigenvalue weighted by atomic mass is 9.82. The highest BCUT2D eigenvalue weighted by Crippen LogP contribution is 2.37. The topological polar surface area (TPSA) is 58.2 Å². The second kappa shape index (κ2) is 7.72. The van der Waals surface area contributed by atoms with Crippen molar-refractivity contribution in [1.82, 2.24) is 5.32 Å². The van der Waals surface area contributed by atoms with E-state index in [1.165, 1.54) is 23.9 Å². The first-order valence-corrected chi connectivity index (χ1v) is 9.73. The van der Waals surface area contributed by atoms with Crippen molar-refractivity contribution in [2.24, 2.45) is 5.41 Å². The van der Waals surface area contributed by atoms with Gasteiger partial charge < -0.3 is 10.6 Å². The molecule has 1 heterocycles. The van der Waals surface area contributed by atoms with Crippen molar-refractivity contribution in [3.8, 4) is 0 Å². The molecule has 0 aliphatic carbocycles. The molecule has 0 fully saturated rings. The lowest BCUT2D eigenvalue weighted by Gasteiger charge is -2.32. The van der Waals surface area contributed by atoms with Gasteiger partial charge in [-0.15, -0.1) is 11.8 Å². The lowest BCUT2D eigenvalue weighted by molar-refractivity contribution is -0.125. The van der Waals surface area contributed by atoms with Crippen LogP contribution in [0.15, 0.2) is 53.4 Å². The number of fused-ring (bicyclic) bond motifs is 1. The number of rotatable bonds is 4. The maximum atomic E-state index is 13.2. The van der Waals surface area contributed by atoms with E-state index in [0.29, 0.717) is 0 Å². The van der Waals surface area contributed by atoms with E-state index in [9.17, 15) is 14.0 Å². The van der Waals surface area contributed by atoms with E-state index in [1.54, 1.807) is 12.1 Å². The Morgan fingerprint density at radius 1 is 1.19 bits per heavy atom. The first kappa shape index (κ1) is 19.4. The molecule has 0 spiro atoms. The summed E-state index contributed by atoms with van der Waals surface area (Å²) < 4.78 is 13.2. The molecule has 1 aliphatic rings. The fourth-order valence-corrected chi connectivity index (χ4v) is 4.18. The predicted octanol–water partition coefficient (Wildman–Crippen LogP) is 4.53. The molecule has 0 aromatic heterocycles. The maximum Gasteiger partial charge on any atom is 0.238 e. The molecule has 4 nitrogen and oxygen atoms in total. The summed E-state index contributed by atoms with van der Waals surface area (Å²) in [6.45, 7) is 6.04. The van der Waals surface area contributed by atoms with Crippen molar-refractivity contribution in [3.05, 3.63) is 59.9 Å². The number of carbonyl (C=O) groups excluding carboxylic acids is 2. The average Bonchev–Trinajstić information content (AvgIpc) is 2.60. The van der Waals surface area contributed by atoms with Gasteiger partial charge in [-0.2, -0.15) is 0 Å². The van der Waals surface area contributed by atoms with Crippen LogP contribution in [0, 0.1) is 11.2 Å². The third-order valence-corrected chi connectivity index (χ3v) is 5.73. The standard InChI is InChI=1S/C21H23FN2O2S/c1-21(2,3)19(13-8-10-14(22)11-9-13)24-18(25)12-17-20(26)23-15-6-4-5-7-16(15)27-17/h4-11,17,19H,12H2,1-3H3,(H,23,26)(H,24,25). The van der Waals surface area contributed by atoms with Crippen LogP contribution in [-0.4, -0.2) is 17.1 Å². The highest BCUT2D eigenvalue weighted by atomic mass is 32.2. The number of hydrogen-bond donors (Lipinski definition) is 2. The summed E-state index contributed by atoms with van der Waals surface area (Å²) in [5, 5.41) is 5.41. The Morgan fingerprint density at radius 2 is 1.85 bits per heavy atom. The lowest BCUT2D eigenvalue weighted by Crippen LogP contribution is -2.40. The molecule has 0 bridgehead atoms. The SMILES string of the molecule is CC(C)(C)C(NC(=O)CC1Sc2ccccc2NC1=O)c1ccc(F)cc1. The molecule has 6 heteroatoms. The van der Waals surface area contributed by atoms with Crippen LogP contribution in [0.5, 0.6) is 0 Å². The van der Waals surface area contributed by atoms with Crippen LogP contribution in [0.1, 0.15) is 38.8 Å². The Labute approximate surface area is 162 Å². The first-order valence-electron chi connectivity index (χ1n) is 8.85. The zero-order valence-electron chi connectivity index (χ0n) is 15.6. The van der Waals surface area contributed by atoms with Gasteiger partial charge in [-0.05, 0) is 35.2 Å². The van der Waals surface area contributed by atoms with Crippen molar-refractivity contribution in [3.63, 3.8) is 0 Å². The predicted molar refractivity (Wildman–Crippen MR) is 106 cm³/mol. The zero-order chi connectivity index (χ0) is 19.6. The Kier molecular flexibility index (Phi) is 5.56. The quantitative estimate of drug-likeness (QED) is 0.812. The number of thioether (sulfide) groups is 1.